The van der Waals surface area contributed by atoms with E-state index in [-0.39, 0.29) is 21.2 Å². The number of amides is 1. The molecule has 5 nitrogen and oxygen atoms in total. The lowest BCUT2D eigenvalue weighted by Crippen LogP contribution is -2.40. The van der Waals surface area contributed by atoms with Crippen LogP contribution in [0.3, 0.4) is 0 Å². The van der Waals surface area contributed by atoms with Gasteiger partial charge in [-0.05, 0) is 51.1 Å². The van der Waals surface area contributed by atoms with Crippen molar-refractivity contribution in [2.75, 3.05) is 5.32 Å². The van der Waals surface area contributed by atoms with E-state index in [1.165, 1.54) is 12.1 Å². The van der Waals surface area contributed by atoms with E-state index in [9.17, 15) is 22.0 Å². The van der Waals surface area contributed by atoms with Crippen LogP contribution in [0.15, 0.2) is 41.3 Å². The van der Waals surface area contributed by atoms with E-state index in [2.05, 4.69) is 10.0 Å². The zero-order valence-corrected chi connectivity index (χ0v) is 15.8. The standard InChI is InChI=1S/C17H17ClF2N2O3S/c1-17(2,3)22-26(24,25)15-8-10(4-6-12(15)18)16(23)21-14-7-5-11(19)9-13(14)20/h4-9,22H,1-3H3,(H,21,23). The van der Waals surface area contributed by atoms with Crippen molar-refractivity contribution in [1.82, 2.24) is 4.72 Å². The molecule has 140 valence electrons. The third kappa shape index (κ3) is 5.00. The van der Waals surface area contributed by atoms with Gasteiger partial charge in [0.1, 0.15) is 16.5 Å². The van der Waals surface area contributed by atoms with Gasteiger partial charge in [-0.3, -0.25) is 4.79 Å². The van der Waals surface area contributed by atoms with Gasteiger partial charge in [0.25, 0.3) is 5.91 Å². The number of hydrogen-bond acceptors (Lipinski definition) is 3. The minimum atomic E-state index is -3.98. The van der Waals surface area contributed by atoms with Crippen LogP contribution in [0.25, 0.3) is 0 Å². The van der Waals surface area contributed by atoms with Crippen molar-refractivity contribution in [3.05, 3.63) is 58.6 Å². The molecule has 26 heavy (non-hydrogen) atoms. The van der Waals surface area contributed by atoms with Crippen molar-refractivity contribution in [3.63, 3.8) is 0 Å². The highest BCUT2D eigenvalue weighted by Gasteiger charge is 2.25. The molecule has 0 aliphatic rings. The first-order chi connectivity index (χ1) is 11.9. The predicted octanol–water partition coefficient (Wildman–Crippen LogP) is 3.95. The minimum absolute atomic E-state index is 0.0487. The maximum atomic E-state index is 13.7. The number of anilines is 1. The summed E-state index contributed by atoms with van der Waals surface area (Å²) in [5.41, 5.74) is -1.03. The first kappa shape index (κ1) is 20.3. The molecule has 0 radical (unpaired) electrons. The summed E-state index contributed by atoms with van der Waals surface area (Å²) in [5.74, 6) is -2.50. The molecule has 2 rings (SSSR count). The van der Waals surface area contributed by atoms with Crippen LogP contribution in [0.4, 0.5) is 14.5 Å². The van der Waals surface area contributed by atoms with E-state index < -0.39 is 33.1 Å². The fraction of sp³-hybridized carbons (Fsp3) is 0.235. The first-order valence-corrected chi connectivity index (χ1v) is 9.35. The Morgan fingerprint density at radius 1 is 1.08 bits per heavy atom. The Labute approximate surface area is 155 Å². The Morgan fingerprint density at radius 3 is 2.31 bits per heavy atom. The lowest BCUT2D eigenvalue weighted by Gasteiger charge is -2.21. The molecule has 2 N–H and O–H groups in total. The second kappa shape index (κ2) is 7.30. The number of halogens is 3. The number of nitrogens with one attached hydrogen (secondary N) is 2. The van der Waals surface area contributed by atoms with Crippen molar-refractivity contribution in [1.29, 1.82) is 0 Å². The number of carbonyl (C=O) groups excluding carboxylic acids is 1. The highest BCUT2D eigenvalue weighted by atomic mass is 35.5. The Morgan fingerprint density at radius 2 is 1.73 bits per heavy atom. The van der Waals surface area contributed by atoms with E-state index in [0.717, 1.165) is 18.2 Å². The summed E-state index contributed by atoms with van der Waals surface area (Å²) in [5, 5.41) is 2.20. The summed E-state index contributed by atoms with van der Waals surface area (Å²) in [6.45, 7) is 4.98. The Bertz CT molecular complexity index is 957. The molecule has 0 saturated carbocycles. The van der Waals surface area contributed by atoms with E-state index in [4.69, 9.17) is 11.6 Å². The highest BCUT2D eigenvalue weighted by Crippen LogP contribution is 2.25. The summed E-state index contributed by atoms with van der Waals surface area (Å²) in [7, 11) is -3.98. The summed E-state index contributed by atoms with van der Waals surface area (Å²) < 4.78 is 54.0. The largest absolute Gasteiger partial charge is 0.319 e. The van der Waals surface area contributed by atoms with Gasteiger partial charge in [-0.1, -0.05) is 11.6 Å². The van der Waals surface area contributed by atoms with Gasteiger partial charge >= 0.3 is 0 Å². The van der Waals surface area contributed by atoms with Crippen LogP contribution in [-0.2, 0) is 10.0 Å². The molecule has 1 amide bonds. The molecule has 0 unspecified atom stereocenters. The van der Waals surface area contributed by atoms with Gasteiger partial charge < -0.3 is 5.32 Å². The van der Waals surface area contributed by atoms with Gasteiger partial charge in [0.15, 0.2) is 0 Å². The number of hydrogen-bond donors (Lipinski definition) is 2. The van der Waals surface area contributed by atoms with Crippen LogP contribution in [-0.4, -0.2) is 19.9 Å². The van der Waals surface area contributed by atoms with Gasteiger partial charge in [0, 0.05) is 17.2 Å². The van der Waals surface area contributed by atoms with E-state index in [0.29, 0.717) is 6.07 Å². The van der Waals surface area contributed by atoms with Gasteiger partial charge in [0.2, 0.25) is 10.0 Å². The molecule has 2 aromatic carbocycles. The smallest absolute Gasteiger partial charge is 0.255 e. The van der Waals surface area contributed by atoms with Crippen LogP contribution in [0.1, 0.15) is 31.1 Å². The van der Waals surface area contributed by atoms with E-state index in [1.807, 2.05) is 0 Å². The topological polar surface area (TPSA) is 75.3 Å². The number of benzene rings is 2. The number of carbonyl (C=O) groups is 1. The second-order valence-corrected chi connectivity index (χ2v) is 8.64. The lowest BCUT2D eigenvalue weighted by molar-refractivity contribution is 0.102. The van der Waals surface area contributed by atoms with Crippen molar-refractivity contribution in [3.8, 4) is 0 Å². The average molecular weight is 403 g/mol. The molecule has 9 heteroatoms. The lowest BCUT2D eigenvalue weighted by atomic mass is 10.1. The maximum absolute atomic E-state index is 13.7. The zero-order chi connectivity index (χ0) is 19.7. The number of rotatable bonds is 4. The van der Waals surface area contributed by atoms with Gasteiger partial charge in [0.05, 0.1) is 10.7 Å². The molecule has 0 saturated heterocycles. The Kier molecular flexibility index (Phi) is 5.70. The molecule has 0 bridgehead atoms. The third-order valence-electron chi connectivity index (χ3n) is 3.10. The molecule has 0 fully saturated rings. The number of sulfonamides is 1. The molecular weight excluding hydrogens is 386 g/mol. The molecule has 2 aromatic rings. The van der Waals surface area contributed by atoms with Crippen molar-refractivity contribution >= 4 is 33.2 Å². The van der Waals surface area contributed by atoms with E-state index in [1.54, 1.807) is 20.8 Å². The second-order valence-electron chi connectivity index (χ2n) is 6.58. The monoisotopic (exact) mass is 402 g/mol. The summed E-state index contributed by atoms with van der Waals surface area (Å²) in [6.07, 6.45) is 0. The molecular formula is C17H17ClF2N2O3S. The molecule has 0 aromatic heterocycles. The maximum Gasteiger partial charge on any atom is 0.255 e. The zero-order valence-electron chi connectivity index (χ0n) is 14.2. The third-order valence-corrected chi connectivity index (χ3v) is 5.34. The van der Waals surface area contributed by atoms with Crippen LogP contribution < -0.4 is 10.0 Å². The molecule has 0 spiro atoms. The fourth-order valence-corrected chi connectivity index (χ4v) is 4.04. The normalized spacial score (nSPS) is 12.1. The molecule has 0 aliphatic carbocycles. The Balaban J connectivity index is 2.35. The fourth-order valence-electron chi connectivity index (χ4n) is 2.09. The summed E-state index contributed by atoms with van der Waals surface area (Å²) in [4.78, 5) is 12.0. The van der Waals surface area contributed by atoms with Crippen molar-refractivity contribution in [2.24, 2.45) is 0 Å². The van der Waals surface area contributed by atoms with Gasteiger partial charge in [-0.15, -0.1) is 0 Å². The predicted molar refractivity (Wildman–Crippen MR) is 95.8 cm³/mol. The molecule has 0 aliphatic heterocycles. The van der Waals surface area contributed by atoms with Gasteiger partial charge in [-0.2, -0.15) is 0 Å². The quantitative estimate of drug-likeness (QED) is 0.813. The molecule has 0 heterocycles. The van der Waals surface area contributed by atoms with Crippen LogP contribution in [0, 0.1) is 11.6 Å². The Hall–Kier alpha value is -2.03. The van der Waals surface area contributed by atoms with Crippen LogP contribution in [0.5, 0.6) is 0 Å². The van der Waals surface area contributed by atoms with Crippen LogP contribution >= 0.6 is 11.6 Å². The van der Waals surface area contributed by atoms with E-state index >= 15 is 0 Å². The van der Waals surface area contributed by atoms with Crippen molar-refractivity contribution < 1.29 is 22.0 Å². The molecule has 0 atom stereocenters. The SMILES string of the molecule is CC(C)(C)NS(=O)(=O)c1cc(C(=O)Nc2ccc(F)cc2F)ccc1Cl. The van der Waals surface area contributed by atoms with Gasteiger partial charge in [-0.25, -0.2) is 21.9 Å². The first-order valence-electron chi connectivity index (χ1n) is 7.49. The average Bonchev–Trinajstić information content (AvgIpc) is 2.47. The van der Waals surface area contributed by atoms with Crippen LogP contribution in [0.2, 0.25) is 5.02 Å². The summed E-state index contributed by atoms with van der Waals surface area (Å²) in [6, 6.07) is 6.33. The summed E-state index contributed by atoms with van der Waals surface area (Å²) >= 11 is 5.96. The van der Waals surface area contributed by atoms with Crippen molar-refractivity contribution in [2.45, 2.75) is 31.2 Å². The highest BCUT2D eigenvalue weighted by molar-refractivity contribution is 7.89. The minimum Gasteiger partial charge on any atom is -0.319 e.